The highest BCUT2D eigenvalue weighted by Crippen LogP contribution is 2.20. The number of methoxy groups -OCH3 is 1. The topological polar surface area (TPSA) is 256 Å². The van der Waals surface area contributed by atoms with Crippen LogP contribution in [0.3, 0.4) is 0 Å². The predicted molar refractivity (Wildman–Crippen MR) is 204 cm³/mol. The highest BCUT2D eigenvalue weighted by atomic mass is 16.5. The molecule has 17 heteroatoms. The third kappa shape index (κ3) is 20.1. The molecular formula is C40H56N4O13. The molecule has 0 aromatic heterocycles. The number of nitrogens with one attached hydrogen (secondary N) is 4. The molecule has 314 valence electrons. The SMILES string of the molecule is COCCOCCOCCCC(=O)[C@@H](CCC(=O)NO)NC(=O)[C@H](CCC(=O)NO)CC(=O)C(Cc1ccccc1)NC(=O)[C@@H](CC(C)=O)Cc1ccc(O)cc1. The van der Waals surface area contributed by atoms with Gasteiger partial charge in [0.2, 0.25) is 23.6 Å². The molecule has 4 atom stereocenters. The molecule has 7 N–H and O–H groups in total. The summed E-state index contributed by atoms with van der Waals surface area (Å²) in [6, 6.07) is 12.6. The van der Waals surface area contributed by atoms with Crippen LogP contribution >= 0.6 is 0 Å². The molecule has 0 saturated heterocycles. The Morgan fingerprint density at radius 1 is 0.614 bits per heavy atom. The zero-order chi connectivity index (χ0) is 42.0. The number of Topliss-reactive ketones (excluding diaryl/α,β-unsaturated/α-hetero) is 3. The van der Waals surface area contributed by atoms with E-state index in [2.05, 4.69) is 10.6 Å². The Morgan fingerprint density at radius 3 is 1.79 bits per heavy atom. The van der Waals surface area contributed by atoms with Gasteiger partial charge in [0.25, 0.3) is 0 Å². The molecule has 0 heterocycles. The van der Waals surface area contributed by atoms with Gasteiger partial charge in [0.1, 0.15) is 11.5 Å². The lowest BCUT2D eigenvalue weighted by atomic mass is 9.89. The van der Waals surface area contributed by atoms with Crippen LogP contribution in [0.4, 0.5) is 0 Å². The lowest BCUT2D eigenvalue weighted by molar-refractivity contribution is -0.136. The number of aromatic hydroxyl groups is 1. The molecule has 0 aliphatic carbocycles. The van der Waals surface area contributed by atoms with Crippen LogP contribution in [0.25, 0.3) is 0 Å². The summed E-state index contributed by atoms with van der Waals surface area (Å²) in [5.74, 6) is -6.31. The molecule has 0 fully saturated rings. The Balaban J connectivity index is 2.28. The quantitative estimate of drug-likeness (QED) is 0.0339. The van der Waals surface area contributed by atoms with E-state index in [0.29, 0.717) is 30.9 Å². The summed E-state index contributed by atoms with van der Waals surface area (Å²) >= 11 is 0. The van der Waals surface area contributed by atoms with Crippen molar-refractivity contribution in [3.8, 4) is 5.75 Å². The Kier molecular flexibility index (Phi) is 23.2. The first-order valence-electron chi connectivity index (χ1n) is 18.8. The van der Waals surface area contributed by atoms with Gasteiger partial charge in [-0.2, -0.15) is 0 Å². The van der Waals surface area contributed by atoms with Crippen LogP contribution in [-0.2, 0) is 60.6 Å². The van der Waals surface area contributed by atoms with E-state index in [1.165, 1.54) is 30.0 Å². The number of phenols is 1. The minimum Gasteiger partial charge on any atom is -0.508 e. The molecule has 0 saturated carbocycles. The molecule has 0 aliphatic rings. The average Bonchev–Trinajstić information content (AvgIpc) is 3.20. The van der Waals surface area contributed by atoms with Gasteiger partial charge in [0.15, 0.2) is 11.6 Å². The third-order valence-electron chi connectivity index (χ3n) is 8.98. The number of hydrogen-bond donors (Lipinski definition) is 7. The van der Waals surface area contributed by atoms with E-state index >= 15 is 0 Å². The maximum atomic E-state index is 14.1. The van der Waals surface area contributed by atoms with Gasteiger partial charge in [-0.1, -0.05) is 42.5 Å². The molecule has 0 spiro atoms. The van der Waals surface area contributed by atoms with Crippen molar-refractivity contribution < 1.29 is 63.3 Å². The largest absolute Gasteiger partial charge is 0.508 e. The molecule has 4 amide bonds. The van der Waals surface area contributed by atoms with Gasteiger partial charge in [-0.3, -0.25) is 39.2 Å². The van der Waals surface area contributed by atoms with Gasteiger partial charge < -0.3 is 34.7 Å². The molecule has 57 heavy (non-hydrogen) atoms. The average molecular weight is 801 g/mol. The van der Waals surface area contributed by atoms with Crippen molar-refractivity contribution in [3.63, 3.8) is 0 Å². The van der Waals surface area contributed by atoms with Crippen LogP contribution in [-0.4, -0.2) is 109 Å². The van der Waals surface area contributed by atoms with Gasteiger partial charge in [0.05, 0.1) is 38.5 Å². The number of amides is 4. The summed E-state index contributed by atoms with van der Waals surface area (Å²) in [6.45, 7) is 3.02. The van der Waals surface area contributed by atoms with Crippen LogP contribution in [0.15, 0.2) is 54.6 Å². The molecule has 2 rings (SSSR count). The number of carbonyl (C=O) groups is 7. The fraction of sp³-hybridized carbons (Fsp3) is 0.525. The summed E-state index contributed by atoms with van der Waals surface area (Å²) in [4.78, 5) is 91.2. The monoisotopic (exact) mass is 800 g/mol. The third-order valence-corrected chi connectivity index (χ3v) is 8.98. The summed E-state index contributed by atoms with van der Waals surface area (Å²) < 4.78 is 15.7. The molecule has 2 aromatic carbocycles. The molecule has 1 unspecified atom stereocenters. The molecule has 2 aromatic rings. The Bertz CT molecular complexity index is 1570. The smallest absolute Gasteiger partial charge is 0.243 e. The molecule has 0 radical (unpaired) electrons. The van der Waals surface area contributed by atoms with Gasteiger partial charge in [-0.15, -0.1) is 0 Å². The normalized spacial score (nSPS) is 13.1. The summed E-state index contributed by atoms with van der Waals surface area (Å²) in [6.07, 6.45) is -1.32. The zero-order valence-corrected chi connectivity index (χ0v) is 32.5. The van der Waals surface area contributed by atoms with Gasteiger partial charge in [-0.25, -0.2) is 11.0 Å². The maximum Gasteiger partial charge on any atom is 0.243 e. The highest BCUT2D eigenvalue weighted by molar-refractivity contribution is 5.95. The first-order chi connectivity index (χ1) is 27.4. The van der Waals surface area contributed by atoms with Gasteiger partial charge in [-0.05, 0) is 62.3 Å². The van der Waals surface area contributed by atoms with Crippen molar-refractivity contribution in [2.75, 3.05) is 40.1 Å². The summed E-state index contributed by atoms with van der Waals surface area (Å²) in [7, 11) is 1.56. The first kappa shape index (κ1) is 48.1. The Hall–Kier alpha value is -5.07. The molecule has 17 nitrogen and oxygen atoms in total. The van der Waals surface area contributed by atoms with E-state index in [9.17, 15) is 38.7 Å². The number of hydrogen-bond acceptors (Lipinski definition) is 13. The fourth-order valence-electron chi connectivity index (χ4n) is 5.90. The second-order valence-corrected chi connectivity index (χ2v) is 13.6. The van der Waals surface area contributed by atoms with E-state index in [1.54, 1.807) is 49.6 Å². The van der Waals surface area contributed by atoms with Crippen LogP contribution in [0.5, 0.6) is 5.75 Å². The number of phenolic OH excluding ortho intramolecular Hbond substituents is 1. The highest BCUT2D eigenvalue weighted by Gasteiger charge is 2.32. The van der Waals surface area contributed by atoms with E-state index in [4.69, 9.17) is 24.6 Å². The first-order valence-corrected chi connectivity index (χ1v) is 18.8. The Morgan fingerprint density at radius 2 is 1.18 bits per heavy atom. The molecular weight excluding hydrogens is 744 g/mol. The molecule has 0 aliphatic heterocycles. The summed E-state index contributed by atoms with van der Waals surface area (Å²) in [5, 5.41) is 33.2. The number of rotatable bonds is 30. The minimum absolute atomic E-state index is 0.0294. The van der Waals surface area contributed by atoms with Gasteiger partial charge in [0, 0.05) is 57.7 Å². The number of ketones is 3. The minimum atomic E-state index is -1.22. The van der Waals surface area contributed by atoms with Gasteiger partial charge >= 0.3 is 0 Å². The molecule has 0 bridgehead atoms. The fourth-order valence-corrected chi connectivity index (χ4v) is 5.90. The van der Waals surface area contributed by atoms with Crippen LogP contribution in [0.2, 0.25) is 0 Å². The van der Waals surface area contributed by atoms with Crippen LogP contribution in [0.1, 0.15) is 69.4 Å². The maximum absolute atomic E-state index is 14.1. The van der Waals surface area contributed by atoms with E-state index < -0.39 is 65.5 Å². The zero-order valence-electron chi connectivity index (χ0n) is 32.5. The Labute approximate surface area is 332 Å². The van der Waals surface area contributed by atoms with E-state index in [1.807, 2.05) is 0 Å². The van der Waals surface area contributed by atoms with Crippen molar-refractivity contribution in [3.05, 3.63) is 65.7 Å². The van der Waals surface area contributed by atoms with Crippen molar-refractivity contribution in [1.82, 2.24) is 21.6 Å². The number of carbonyl (C=O) groups excluding carboxylic acids is 7. The van der Waals surface area contributed by atoms with Crippen molar-refractivity contribution in [1.29, 1.82) is 0 Å². The lowest BCUT2D eigenvalue weighted by Crippen LogP contribution is -2.48. The number of ether oxygens (including phenoxy) is 3. The van der Waals surface area contributed by atoms with Crippen LogP contribution in [0, 0.1) is 11.8 Å². The van der Waals surface area contributed by atoms with Crippen LogP contribution < -0.4 is 21.6 Å². The second kappa shape index (κ2) is 27.5. The number of benzene rings is 2. The van der Waals surface area contributed by atoms with E-state index in [0.717, 1.165) is 0 Å². The standard InChI is InChI=1S/C40H56N4O13/c1-27(45)23-31(24-29-10-13-32(46)14-11-29)40(52)42-34(25-28-7-4-3-5-8-28)36(48)26-30(12-16-37(49)43-53)39(51)41-33(15-17-38(50)44-54)35(47)9-6-18-56-21-22-57-20-19-55-2/h3-5,7-8,10-11,13-14,30-31,33-34,46,53-54H,6,9,12,15-26H2,1-2H3,(H,41,51)(H,42,52)(H,43,49)(H,44,50)/t30-,31+,33-,34?/m1/s1. The predicted octanol–water partition coefficient (Wildman–Crippen LogP) is 1.92. The second-order valence-electron chi connectivity index (χ2n) is 13.6. The summed E-state index contributed by atoms with van der Waals surface area (Å²) in [5.41, 5.74) is 4.35. The van der Waals surface area contributed by atoms with Crippen molar-refractivity contribution >= 4 is 41.0 Å². The van der Waals surface area contributed by atoms with E-state index in [-0.39, 0.29) is 82.5 Å². The van der Waals surface area contributed by atoms with Crippen molar-refractivity contribution in [2.24, 2.45) is 11.8 Å². The van der Waals surface area contributed by atoms with Crippen molar-refractivity contribution in [2.45, 2.75) is 83.2 Å². The lowest BCUT2D eigenvalue weighted by Gasteiger charge is -2.25. The number of hydroxylamine groups is 2.